The van der Waals surface area contributed by atoms with Crippen LogP contribution in [0.1, 0.15) is 16.4 Å². The van der Waals surface area contributed by atoms with Crippen molar-refractivity contribution in [1.29, 1.82) is 0 Å². The Morgan fingerprint density at radius 2 is 1.69 bits per heavy atom. The maximum atomic E-state index is 13.6. The highest BCUT2D eigenvalue weighted by Gasteiger charge is 2.56. The van der Waals surface area contributed by atoms with E-state index in [2.05, 4.69) is 4.98 Å². The molecule has 2 amide bonds. The van der Waals surface area contributed by atoms with Crippen LogP contribution in [0, 0.1) is 5.92 Å². The predicted octanol–water partition coefficient (Wildman–Crippen LogP) is 3.90. The van der Waals surface area contributed by atoms with Crippen LogP contribution in [0.2, 0.25) is 5.02 Å². The maximum Gasteiger partial charge on any atom is 0.305 e. The molecule has 2 aliphatic rings. The van der Waals surface area contributed by atoms with Gasteiger partial charge in [-0.15, -0.1) is 0 Å². The number of thiazole rings is 1. The van der Waals surface area contributed by atoms with Crippen LogP contribution in [0.3, 0.4) is 0 Å². The molecule has 3 heterocycles. The van der Waals surface area contributed by atoms with E-state index in [0.29, 0.717) is 27.2 Å². The van der Waals surface area contributed by atoms with Crippen LogP contribution in [0.5, 0.6) is 11.5 Å². The Morgan fingerprint density at radius 3 is 2.38 bits per heavy atom. The number of anilines is 1. The second-order valence-corrected chi connectivity index (χ2v) is 9.96. The molecule has 1 fully saturated rings. The van der Waals surface area contributed by atoms with Gasteiger partial charge in [0, 0.05) is 15.8 Å². The minimum absolute atomic E-state index is 0.220. The highest BCUT2D eigenvalue weighted by Crippen LogP contribution is 2.53. The van der Waals surface area contributed by atoms with Gasteiger partial charge in [0.15, 0.2) is 11.5 Å². The van der Waals surface area contributed by atoms with Crippen molar-refractivity contribution in [3.05, 3.63) is 67.6 Å². The zero-order chi connectivity index (χ0) is 22.6. The van der Waals surface area contributed by atoms with E-state index in [9.17, 15) is 14.4 Å². The van der Waals surface area contributed by atoms with Gasteiger partial charge in [-0.05, 0) is 42.0 Å². The number of imide groups is 1. The topological polar surface area (TPSA) is 88.7 Å². The smallest absolute Gasteiger partial charge is 0.305 e. The van der Waals surface area contributed by atoms with E-state index in [0.717, 1.165) is 21.8 Å². The molecule has 0 bridgehead atoms. The summed E-state index contributed by atoms with van der Waals surface area (Å²) in [6.45, 7) is 0. The summed E-state index contributed by atoms with van der Waals surface area (Å²) in [5.74, 6) is -0.696. The molecule has 1 aromatic heterocycles. The number of hydrogen-bond donors (Lipinski definition) is 1. The molecule has 3 atom stereocenters. The van der Waals surface area contributed by atoms with Crippen molar-refractivity contribution in [3.8, 4) is 11.5 Å². The van der Waals surface area contributed by atoms with Gasteiger partial charge in [0.2, 0.25) is 11.8 Å². The van der Waals surface area contributed by atoms with E-state index in [1.807, 2.05) is 6.07 Å². The second-order valence-electron chi connectivity index (χ2n) is 7.35. The standard InChI is InChI=1S/C22H17ClN2O5S2/c1-29-13-8-3-10(9-14(13)30-2)15-16-18(31-19-17(15)32-22(28)24-19)21(27)25(20(16)26)12-6-4-11(23)5-7-12/h3-9,15-16,18H,1-2H3,(H,24,28)/t15-,16-,18+/m0/s1. The molecule has 7 nitrogen and oxygen atoms in total. The van der Waals surface area contributed by atoms with Gasteiger partial charge in [-0.2, -0.15) is 0 Å². The summed E-state index contributed by atoms with van der Waals surface area (Å²) < 4.78 is 10.8. The number of H-pyrrole nitrogens is 1. The fraction of sp³-hybridized carbons (Fsp3) is 0.227. The lowest BCUT2D eigenvalue weighted by molar-refractivity contribution is -0.122. The van der Waals surface area contributed by atoms with Crippen molar-refractivity contribution >= 4 is 52.2 Å². The third-order valence-corrected chi connectivity index (χ3v) is 8.33. The lowest BCUT2D eigenvalue weighted by atomic mass is 9.83. The van der Waals surface area contributed by atoms with Crippen molar-refractivity contribution in [3.63, 3.8) is 0 Å². The average molecular weight is 489 g/mol. The van der Waals surface area contributed by atoms with Crippen LogP contribution in [-0.4, -0.2) is 36.3 Å². The van der Waals surface area contributed by atoms with Crippen molar-refractivity contribution in [1.82, 2.24) is 4.98 Å². The Hall–Kier alpha value is -2.75. The van der Waals surface area contributed by atoms with E-state index in [4.69, 9.17) is 21.1 Å². The molecule has 164 valence electrons. The summed E-state index contributed by atoms with van der Waals surface area (Å²) in [6.07, 6.45) is 0. The highest BCUT2D eigenvalue weighted by atomic mass is 35.5. The first-order chi connectivity index (χ1) is 15.4. The number of carbonyl (C=O) groups excluding carboxylic acids is 2. The molecule has 10 heteroatoms. The van der Waals surface area contributed by atoms with E-state index >= 15 is 0 Å². The summed E-state index contributed by atoms with van der Waals surface area (Å²) in [6, 6.07) is 12.0. The van der Waals surface area contributed by atoms with Crippen LogP contribution in [-0.2, 0) is 9.59 Å². The van der Waals surface area contributed by atoms with Crippen LogP contribution in [0.25, 0.3) is 0 Å². The number of methoxy groups -OCH3 is 2. The van der Waals surface area contributed by atoms with Gasteiger partial charge < -0.3 is 14.5 Å². The summed E-state index contributed by atoms with van der Waals surface area (Å²) in [7, 11) is 3.08. The van der Waals surface area contributed by atoms with Crippen LogP contribution >= 0.6 is 34.7 Å². The molecule has 5 rings (SSSR count). The number of aromatic nitrogens is 1. The third-order valence-electron chi connectivity index (χ3n) is 5.68. The number of fused-ring (bicyclic) bond motifs is 2. The first kappa shape index (κ1) is 21.1. The molecular weight excluding hydrogens is 472 g/mol. The Balaban J connectivity index is 1.65. The van der Waals surface area contributed by atoms with Gasteiger partial charge in [0.25, 0.3) is 0 Å². The van der Waals surface area contributed by atoms with Crippen molar-refractivity contribution in [2.45, 2.75) is 16.2 Å². The maximum absolute atomic E-state index is 13.6. The molecule has 0 aliphatic carbocycles. The number of thioether (sulfide) groups is 1. The lowest BCUT2D eigenvalue weighted by Crippen LogP contribution is -2.32. The Bertz CT molecular complexity index is 1290. The third kappa shape index (κ3) is 3.23. The molecule has 3 aromatic rings. The van der Waals surface area contributed by atoms with Gasteiger partial charge in [-0.3, -0.25) is 14.4 Å². The van der Waals surface area contributed by atoms with Crippen LogP contribution in [0.15, 0.2) is 52.3 Å². The summed E-state index contributed by atoms with van der Waals surface area (Å²) >= 11 is 8.29. The monoisotopic (exact) mass is 488 g/mol. The van der Waals surface area contributed by atoms with E-state index < -0.39 is 17.1 Å². The minimum Gasteiger partial charge on any atom is -0.493 e. The number of benzene rings is 2. The number of amides is 2. The Kier molecular flexibility index (Phi) is 5.27. The molecule has 1 saturated heterocycles. The van der Waals surface area contributed by atoms with E-state index in [1.54, 1.807) is 43.5 Å². The summed E-state index contributed by atoms with van der Waals surface area (Å²) in [4.78, 5) is 43.7. The number of nitrogens with zero attached hydrogens (tertiary/aromatic N) is 1. The largest absolute Gasteiger partial charge is 0.493 e. The number of halogens is 1. The van der Waals surface area contributed by atoms with Crippen molar-refractivity contribution in [2.75, 3.05) is 19.1 Å². The minimum atomic E-state index is -0.666. The average Bonchev–Trinajstić information content (AvgIpc) is 3.28. The quantitative estimate of drug-likeness (QED) is 0.560. The van der Waals surface area contributed by atoms with Gasteiger partial charge in [0.1, 0.15) is 5.25 Å². The fourth-order valence-corrected chi connectivity index (χ4v) is 6.91. The number of nitrogens with one attached hydrogen (secondary N) is 1. The zero-order valence-corrected chi connectivity index (χ0v) is 19.3. The van der Waals surface area contributed by atoms with E-state index in [-0.39, 0.29) is 16.7 Å². The zero-order valence-electron chi connectivity index (χ0n) is 17.0. The Morgan fingerprint density at radius 1 is 0.969 bits per heavy atom. The number of carbonyl (C=O) groups is 2. The molecule has 2 aromatic carbocycles. The van der Waals surface area contributed by atoms with E-state index in [1.165, 1.54) is 23.8 Å². The number of ether oxygens (including phenoxy) is 2. The fourth-order valence-electron chi connectivity index (χ4n) is 4.27. The molecule has 32 heavy (non-hydrogen) atoms. The normalized spacial score (nSPS) is 22.0. The number of rotatable bonds is 4. The molecule has 1 N–H and O–H groups in total. The molecule has 0 unspecified atom stereocenters. The molecule has 2 aliphatic heterocycles. The molecule has 0 saturated carbocycles. The predicted molar refractivity (Wildman–Crippen MR) is 123 cm³/mol. The first-order valence-corrected chi connectivity index (χ1v) is 11.7. The van der Waals surface area contributed by atoms with Gasteiger partial charge >= 0.3 is 4.87 Å². The highest BCUT2D eigenvalue weighted by molar-refractivity contribution is 8.00. The summed E-state index contributed by atoms with van der Waals surface area (Å²) in [5.41, 5.74) is 1.25. The molecular formula is C22H17ClN2O5S2. The second kappa shape index (κ2) is 7.99. The van der Waals surface area contributed by atoms with Crippen LogP contribution < -0.4 is 19.2 Å². The summed E-state index contributed by atoms with van der Waals surface area (Å²) in [5, 5.41) is 0.483. The van der Waals surface area contributed by atoms with Crippen LogP contribution in [0.4, 0.5) is 5.69 Å². The number of hydrogen-bond acceptors (Lipinski definition) is 7. The van der Waals surface area contributed by atoms with Crippen molar-refractivity contribution < 1.29 is 19.1 Å². The Labute approximate surface area is 196 Å². The SMILES string of the molecule is COc1ccc([C@@H]2c3sc(=O)[nH]c3S[C@H]3C(=O)N(c4ccc(Cl)cc4)C(=O)[C@@H]23)cc1OC. The van der Waals surface area contributed by atoms with Gasteiger partial charge in [-0.25, -0.2) is 4.90 Å². The molecule has 0 spiro atoms. The molecule has 0 radical (unpaired) electrons. The lowest BCUT2D eigenvalue weighted by Gasteiger charge is -2.30. The van der Waals surface area contributed by atoms with Gasteiger partial charge in [0.05, 0.1) is 30.9 Å². The van der Waals surface area contributed by atoms with Gasteiger partial charge in [-0.1, -0.05) is 40.8 Å². The van der Waals surface area contributed by atoms with Crippen molar-refractivity contribution in [2.24, 2.45) is 5.92 Å². The number of aromatic amines is 1. The first-order valence-electron chi connectivity index (χ1n) is 9.68.